The van der Waals surface area contributed by atoms with Crippen LogP contribution in [0, 0.1) is 5.92 Å². The molecule has 0 radical (unpaired) electrons. The number of nitrogens with one attached hydrogen (secondary N) is 1. The van der Waals surface area contributed by atoms with Crippen LogP contribution in [0.15, 0.2) is 24.5 Å². The highest BCUT2D eigenvalue weighted by molar-refractivity contribution is 8.00. The summed E-state index contributed by atoms with van der Waals surface area (Å²) in [5.74, 6) is -0.424. The fourth-order valence-corrected chi connectivity index (χ4v) is 4.48. The Kier molecular flexibility index (Phi) is 5.64. The summed E-state index contributed by atoms with van der Waals surface area (Å²) in [7, 11) is 1.76. The Balaban J connectivity index is 1.70. The third kappa shape index (κ3) is 3.82. The zero-order valence-corrected chi connectivity index (χ0v) is 15.6. The maximum Gasteiger partial charge on any atom is 0.226 e. The average Bonchev–Trinajstić information content (AvgIpc) is 2.96. The fourth-order valence-electron chi connectivity index (χ4n) is 3.69. The molecule has 0 bridgehead atoms. The van der Waals surface area contributed by atoms with Gasteiger partial charge in [0.1, 0.15) is 0 Å². The molecule has 0 saturated carbocycles. The molecule has 3 heterocycles. The van der Waals surface area contributed by atoms with Crippen LogP contribution >= 0.6 is 11.8 Å². The monoisotopic (exact) mass is 363 g/mol. The summed E-state index contributed by atoms with van der Waals surface area (Å²) in [5, 5.41) is 3.11. The van der Waals surface area contributed by atoms with E-state index >= 15 is 0 Å². The highest BCUT2D eigenvalue weighted by Crippen LogP contribution is 2.37. The van der Waals surface area contributed by atoms with Crippen LogP contribution in [0.1, 0.15) is 30.9 Å². The zero-order chi connectivity index (χ0) is 17.9. The number of thioether (sulfide) groups is 1. The summed E-state index contributed by atoms with van der Waals surface area (Å²) < 4.78 is 5.49. The number of hydrogen-bond donors (Lipinski definition) is 1. The minimum absolute atomic E-state index is 0.000325. The molecule has 2 aliphatic heterocycles. The number of pyridine rings is 1. The van der Waals surface area contributed by atoms with Crippen LogP contribution in [0.25, 0.3) is 0 Å². The molecule has 136 valence electrons. The summed E-state index contributed by atoms with van der Waals surface area (Å²) in [6.45, 7) is 2.09. The number of carbonyl (C=O) groups excluding carboxylic acids is 2. The van der Waals surface area contributed by atoms with Gasteiger partial charge in [-0.15, -0.1) is 0 Å². The summed E-state index contributed by atoms with van der Waals surface area (Å²) in [5.41, 5.74) is 0.904. The summed E-state index contributed by atoms with van der Waals surface area (Å²) in [6, 6.07) is 3.52. The van der Waals surface area contributed by atoms with Gasteiger partial charge in [0.25, 0.3) is 0 Å². The largest absolute Gasteiger partial charge is 0.381 e. The van der Waals surface area contributed by atoms with E-state index in [-0.39, 0.29) is 34.9 Å². The second-order valence-electron chi connectivity index (χ2n) is 6.76. The Morgan fingerprint density at radius 2 is 2.24 bits per heavy atom. The van der Waals surface area contributed by atoms with Crippen molar-refractivity contribution in [3.05, 3.63) is 30.1 Å². The maximum absolute atomic E-state index is 12.9. The third-order valence-corrected chi connectivity index (χ3v) is 6.79. The van der Waals surface area contributed by atoms with Crippen LogP contribution < -0.4 is 5.32 Å². The molecule has 2 atom stereocenters. The van der Waals surface area contributed by atoms with Crippen LogP contribution in [0.5, 0.6) is 0 Å². The first-order valence-corrected chi connectivity index (χ1v) is 9.85. The van der Waals surface area contributed by atoms with Crippen molar-refractivity contribution < 1.29 is 14.3 Å². The summed E-state index contributed by atoms with van der Waals surface area (Å²) in [4.78, 5) is 30.9. The molecule has 0 aromatic carbocycles. The normalized spacial score (nSPS) is 25.8. The van der Waals surface area contributed by atoms with Gasteiger partial charge in [-0.25, -0.2) is 0 Å². The van der Waals surface area contributed by atoms with Crippen molar-refractivity contribution in [2.75, 3.05) is 33.1 Å². The lowest BCUT2D eigenvalue weighted by molar-refractivity contribution is -0.128. The van der Waals surface area contributed by atoms with Gasteiger partial charge >= 0.3 is 0 Å². The smallest absolute Gasteiger partial charge is 0.226 e. The van der Waals surface area contributed by atoms with Crippen LogP contribution in [0.4, 0.5) is 0 Å². The molecule has 2 saturated heterocycles. The Hall–Kier alpha value is -1.60. The second-order valence-corrected chi connectivity index (χ2v) is 8.04. The van der Waals surface area contributed by atoms with Gasteiger partial charge in [0.15, 0.2) is 0 Å². The third-order valence-electron chi connectivity index (χ3n) is 5.37. The average molecular weight is 363 g/mol. The van der Waals surface area contributed by atoms with Gasteiger partial charge in [0.05, 0.1) is 12.0 Å². The Bertz CT molecular complexity index is 619. The van der Waals surface area contributed by atoms with E-state index < -0.39 is 0 Å². The number of ether oxygens (including phenoxy) is 1. The topological polar surface area (TPSA) is 71.5 Å². The standard InChI is InChI=1S/C18H25N3O3S/c1-21-15(22)10-14(16(21)13-4-3-7-19-11-13)17(23)20-12-18(25-2)5-8-24-9-6-18/h3-4,7,11,14,16H,5-6,8-10,12H2,1-2H3,(H,20,23)/t14-,16+/m1/s1. The van der Waals surface area contributed by atoms with Gasteiger partial charge in [0.2, 0.25) is 11.8 Å². The van der Waals surface area contributed by atoms with E-state index in [0.29, 0.717) is 6.54 Å². The molecule has 25 heavy (non-hydrogen) atoms. The quantitative estimate of drug-likeness (QED) is 0.861. The van der Waals surface area contributed by atoms with E-state index in [1.54, 1.807) is 36.1 Å². The molecule has 2 amide bonds. The highest BCUT2D eigenvalue weighted by Gasteiger charge is 2.43. The van der Waals surface area contributed by atoms with E-state index in [1.807, 2.05) is 12.1 Å². The van der Waals surface area contributed by atoms with Crippen LogP contribution in [-0.2, 0) is 14.3 Å². The van der Waals surface area contributed by atoms with Crippen molar-refractivity contribution in [3.63, 3.8) is 0 Å². The van der Waals surface area contributed by atoms with Gasteiger partial charge in [-0.3, -0.25) is 14.6 Å². The molecule has 0 aliphatic carbocycles. The lowest BCUT2D eigenvalue weighted by Gasteiger charge is -2.36. The second kappa shape index (κ2) is 7.74. The number of hydrogen-bond acceptors (Lipinski definition) is 5. The van der Waals surface area contributed by atoms with Crippen molar-refractivity contribution >= 4 is 23.6 Å². The molecule has 0 unspecified atom stereocenters. The van der Waals surface area contributed by atoms with Gasteiger partial charge in [-0.2, -0.15) is 11.8 Å². The molecule has 3 rings (SSSR count). The molecule has 2 fully saturated rings. The molecule has 2 aliphatic rings. The van der Waals surface area contributed by atoms with E-state index in [9.17, 15) is 9.59 Å². The van der Waals surface area contributed by atoms with Crippen molar-refractivity contribution in [1.29, 1.82) is 0 Å². The number of carbonyl (C=O) groups is 2. The van der Waals surface area contributed by atoms with Crippen molar-refractivity contribution in [2.24, 2.45) is 5.92 Å². The van der Waals surface area contributed by atoms with Crippen LogP contribution in [0.3, 0.4) is 0 Å². The van der Waals surface area contributed by atoms with E-state index in [4.69, 9.17) is 4.74 Å². The first-order valence-electron chi connectivity index (χ1n) is 8.62. The van der Waals surface area contributed by atoms with E-state index in [2.05, 4.69) is 16.6 Å². The highest BCUT2D eigenvalue weighted by atomic mass is 32.2. The molecule has 1 aromatic rings. The maximum atomic E-state index is 12.9. The van der Waals surface area contributed by atoms with Gasteiger partial charge in [-0.1, -0.05) is 6.07 Å². The predicted octanol–water partition coefficient (Wildman–Crippen LogP) is 1.63. The first-order chi connectivity index (χ1) is 12.1. The Morgan fingerprint density at radius 3 is 2.88 bits per heavy atom. The van der Waals surface area contributed by atoms with E-state index in [1.165, 1.54) is 0 Å². The molecule has 7 heteroatoms. The lowest BCUT2D eigenvalue weighted by Crippen LogP contribution is -2.46. The number of nitrogens with zero attached hydrogens (tertiary/aromatic N) is 2. The molecule has 1 aromatic heterocycles. The molecule has 6 nitrogen and oxygen atoms in total. The van der Waals surface area contributed by atoms with Gasteiger partial charge in [0, 0.05) is 50.4 Å². The fraction of sp³-hybridized carbons (Fsp3) is 0.611. The van der Waals surface area contributed by atoms with Crippen molar-refractivity contribution in [2.45, 2.75) is 30.1 Å². The zero-order valence-electron chi connectivity index (χ0n) is 14.7. The predicted molar refractivity (Wildman–Crippen MR) is 97.2 cm³/mol. The minimum Gasteiger partial charge on any atom is -0.381 e. The van der Waals surface area contributed by atoms with Gasteiger partial charge < -0.3 is 15.0 Å². The SMILES string of the molecule is CSC1(CNC(=O)[C@@H]2CC(=O)N(C)[C@H]2c2cccnc2)CCOCC1. The summed E-state index contributed by atoms with van der Waals surface area (Å²) in [6.07, 6.45) is 7.64. The Labute approximate surface area is 152 Å². The van der Waals surface area contributed by atoms with Gasteiger partial charge in [-0.05, 0) is 30.7 Å². The van der Waals surface area contributed by atoms with E-state index in [0.717, 1.165) is 31.6 Å². The molecular formula is C18H25N3O3S. The molecule has 0 spiro atoms. The van der Waals surface area contributed by atoms with Crippen molar-refractivity contribution in [3.8, 4) is 0 Å². The molecule has 1 N–H and O–H groups in total. The minimum atomic E-state index is -0.375. The van der Waals surface area contributed by atoms with Crippen LogP contribution in [0.2, 0.25) is 0 Å². The first kappa shape index (κ1) is 18.2. The Morgan fingerprint density at radius 1 is 1.48 bits per heavy atom. The van der Waals surface area contributed by atoms with Crippen molar-refractivity contribution in [1.82, 2.24) is 15.2 Å². The van der Waals surface area contributed by atoms with Crippen LogP contribution in [-0.4, -0.2) is 59.5 Å². The number of aromatic nitrogens is 1. The lowest BCUT2D eigenvalue weighted by atomic mass is 9.93. The number of amides is 2. The summed E-state index contributed by atoms with van der Waals surface area (Å²) >= 11 is 1.79. The number of likely N-dealkylation sites (tertiary alicyclic amines) is 1. The molecular weight excluding hydrogens is 338 g/mol. The number of rotatable bonds is 5.